The van der Waals surface area contributed by atoms with Gasteiger partial charge in [-0.3, -0.25) is 4.79 Å². The van der Waals surface area contributed by atoms with Gasteiger partial charge in [-0.05, 0) is 43.7 Å². The molecular formula is C18H25N3O3S3. The Hall–Kier alpha value is -1.16. The fourth-order valence-corrected chi connectivity index (χ4v) is 6.16. The molecule has 2 heterocycles. The van der Waals surface area contributed by atoms with Gasteiger partial charge < -0.3 is 4.57 Å². The molecule has 6 nitrogen and oxygen atoms in total. The molecule has 1 atom stereocenters. The lowest BCUT2D eigenvalue weighted by atomic mass is 10.0. The van der Waals surface area contributed by atoms with Crippen molar-refractivity contribution in [3.8, 4) is 0 Å². The second-order valence-electron chi connectivity index (χ2n) is 6.71. The van der Waals surface area contributed by atoms with Crippen LogP contribution < -0.4 is 4.80 Å². The Labute approximate surface area is 168 Å². The van der Waals surface area contributed by atoms with E-state index in [-0.39, 0.29) is 5.91 Å². The molecule has 0 spiro atoms. The topological polar surface area (TPSA) is 71.7 Å². The summed E-state index contributed by atoms with van der Waals surface area (Å²) in [6, 6.07) is 5.57. The van der Waals surface area contributed by atoms with Gasteiger partial charge >= 0.3 is 0 Å². The van der Waals surface area contributed by atoms with E-state index < -0.39 is 16.1 Å². The Balaban J connectivity index is 2.05. The quantitative estimate of drug-likeness (QED) is 0.688. The van der Waals surface area contributed by atoms with E-state index in [0.717, 1.165) is 36.0 Å². The van der Waals surface area contributed by atoms with Crippen molar-refractivity contribution in [2.45, 2.75) is 50.1 Å². The number of sulfonamides is 1. The van der Waals surface area contributed by atoms with Crippen molar-refractivity contribution in [2.24, 2.45) is 4.99 Å². The van der Waals surface area contributed by atoms with Gasteiger partial charge in [0.2, 0.25) is 10.0 Å². The van der Waals surface area contributed by atoms with Crippen LogP contribution in [0.1, 0.15) is 32.6 Å². The van der Waals surface area contributed by atoms with Crippen LogP contribution in [0.3, 0.4) is 0 Å². The molecule has 0 radical (unpaired) electrons. The summed E-state index contributed by atoms with van der Waals surface area (Å²) >= 11 is 3.17. The lowest BCUT2D eigenvalue weighted by molar-refractivity contribution is -0.122. The highest BCUT2D eigenvalue weighted by atomic mass is 32.2. The normalized spacial score (nSPS) is 19.7. The Morgan fingerprint density at radius 2 is 2.15 bits per heavy atom. The standard InChI is InChI=1S/C18H25N3O3S3/c1-4-10-20-14-9-8-13(25-2)12-16(14)26-18(20)19-17(22)15-7-5-6-11-21(15)27(3,23)24/h8-9,12,15H,4-7,10-11H2,1-3H3. The minimum atomic E-state index is -3.42. The second kappa shape index (κ2) is 8.46. The van der Waals surface area contributed by atoms with Gasteiger partial charge in [-0.1, -0.05) is 24.7 Å². The van der Waals surface area contributed by atoms with E-state index >= 15 is 0 Å². The molecule has 1 aromatic heterocycles. The number of rotatable bonds is 5. The van der Waals surface area contributed by atoms with E-state index in [1.165, 1.54) is 26.8 Å². The molecule has 1 aliphatic heterocycles. The fraction of sp³-hybridized carbons (Fsp3) is 0.556. The van der Waals surface area contributed by atoms with Crippen molar-refractivity contribution in [1.82, 2.24) is 8.87 Å². The predicted molar refractivity (Wildman–Crippen MR) is 112 cm³/mol. The van der Waals surface area contributed by atoms with E-state index in [1.807, 2.05) is 6.26 Å². The first kappa shape index (κ1) is 20.6. The SMILES string of the molecule is CCCn1c(=NC(=O)C2CCCCN2S(C)(=O)=O)sc2cc(SC)ccc21. The van der Waals surface area contributed by atoms with Gasteiger partial charge in [0.15, 0.2) is 4.80 Å². The van der Waals surface area contributed by atoms with Crippen LogP contribution in [0.2, 0.25) is 0 Å². The number of carbonyl (C=O) groups is 1. The van der Waals surface area contributed by atoms with Crippen LogP contribution in [0.4, 0.5) is 0 Å². The maximum atomic E-state index is 12.9. The molecule has 0 saturated carbocycles. The monoisotopic (exact) mass is 427 g/mol. The highest BCUT2D eigenvalue weighted by molar-refractivity contribution is 7.98. The summed E-state index contributed by atoms with van der Waals surface area (Å²) in [6.45, 7) is 3.25. The number of piperidine rings is 1. The molecule has 1 fully saturated rings. The molecule has 2 aromatic rings. The first-order valence-corrected chi connectivity index (χ1v) is 13.0. The van der Waals surface area contributed by atoms with E-state index in [4.69, 9.17) is 0 Å². The number of amides is 1. The summed E-state index contributed by atoms with van der Waals surface area (Å²) in [4.78, 5) is 19.1. The third kappa shape index (κ3) is 4.47. The zero-order valence-corrected chi connectivity index (χ0v) is 18.3. The third-order valence-electron chi connectivity index (χ3n) is 4.71. The summed E-state index contributed by atoms with van der Waals surface area (Å²) in [5.41, 5.74) is 1.06. The highest BCUT2D eigenvalue weighted by Gasteiger charge is 2.34. The first-order chi connectivity index (χ1) is 12.8. The Morgan fingerprint density at radius 3 is 2.81 bits per heavy atom. The largest absolute Gasteiger partial charge is 0.316 e. The van der Waals surface area contributed by atoms with E-state index in [0.29, 0.717) is 17.8 Å². The average Bonchev–Trinajstić information content (AvgIpc) is 2.97. The summed E-state index contributed by atoms with van der Waals surface area (Å²) in [5.74, 6) is -0.360. The number of carbonyl (C=O) groups excluding carboxylic acids is 1. The van der Waals surface area contributed by atoms with Crippen LogP contribution in [0.5, 0.6) is 0 Å². The predicted octanol–water partition coefficient (Wildman–Crippen LogP) is 3.08. The highest BCUT2D eigenvalue weighted by Crippen LogP contribution is 2.25. The molecule has 0 N–H and O–H groups in total. The minimum Gasteiger partial charge on any atom is -0.316 e. The number of thiazole rings is 1. The number of benzene rings is 1. The smallest absolute Gasteiger partial charge is 0.266 e. The molecule has 1 saturated heterocycles. The van der Waals surface area contributed by atoms with Gasteiger partial charge in [0.25, 0.3) is 5.91 Å². The number of aryl methyl sites for hydroxylation is 1. The summed E-state index contributed by atoms with van der Waals surface area (Å²) in [6.07, 6.45) is 6.29. The number of nitrogens with zero attached hydrogens (tertiary/aromatic N) is 3. The van der Waals surface area contributed by atoms with Gasteiger partial charge in [0, 0.05) is 18.0 Å². The zero-order valence-electron chi connectivity index (χ0n) is 15.8. The maximum absolute atomic E-state index is 12.9. The molecular weight excluding hydrogens is 402 g/mol. The first-order valence-electron chi connectivity index (χ1n) is 9.08. The number of hydrogen-bond donors (Lipinski definition) is 0. The van der Waals surface area contributed by atoms with Crippen LogP contribution in [0.15, 0.2) is 28.1 Å². The molecule has 0 aliphatic carbocycles. The van der Waals surface area contributed by atoms with Crippen molar-refractivity contribution in [2.75, 3.05) is 19.1 Å². The maximum Gasteiger partial charge on any atom is 0.266 e. The molecule has 9 heteroatoms. The Kier molecular flexibility index (Phi) is 6.45. The molecule has 1 unspecified atom stereocenters. The van der Waals surface area contributed by atoms with E-state index in [9.17, 15) is 13.2 Å². The van der Waals surface area contributed by atoms with Crippen LogP contribution in [-0.2, 0) is 21.4 Å². The molecule has 0 bridgehead atoms. The molecule has 1 aliphatic rings. The van der Waals surface area contributed by atoms with E-state index in [2.05, 4.69) is 34.7 Å². The number of hydrogen-bond acceptors (Lipinski definition) is 5. The van der Waals surface area contributed by atoms with Gasteiger partial charge in [-0.15, -0.1) is 11.8 Å². The number of aromatic nitrogens is 1. The van der Waals surface area contributed by atoms with Crippen LogP contribution in [0.25, 0.3) is 10.2 Å². The second-order valence-corrected chi connectivity index (χ2v) is 10.5. The minimum absolute atomic E-state index is 0.360. The molecule has 27 heavy (non-hydrogen) atoms. The average molecular weight is 428 g/mol. The zero-order chi connectivity index (χ0) is 19.6. The third-order valence-corrected chi connectivity index (χ3v) is 7.76. The van der Waals surface area contributed by atoms with Gasteiger partial charge in [-0.2, -0.15) is 9.30 Å². The molecule has 3 rings (SSSR count). The van der Waals surface area contributed by atoms with Crippen molar-refractivity contribution in [1.29, 1.82) is 0 Å². The van der Waals surface area contributed by atoms with Crippen LogP contribution >= 0.6 is 23.1 Å². The van der Waals surface area contributed by atoms with Gasteiger partial charge in [0.05, 0.1) is 16.5 Å². The number of fused-ring (bicyclic) bond motifs is 1. The van der Waals surface area contributed by atoms with E-state index in [1.54, 1.807) is 11.8 Å². The van der Waals surface area contributed by atoms with Crippen LogP contribution in [-0.4, -0.2) is 48.3 Å². The van der Waals surface area contributed by atoms with Crippen molar-refractivity contribution >= 4 is 49.2 Å². The lowest BCUT2D eigenvalue weighted by Crippen LogP contribution is -2.47. The lowest BCUT2D eigenvalue weighted by Gasteiger charge is -2.31. The van der Waals surface area contributed by atoms with Gasteiger partial charge in [-0.25, -0.2) is 8.42 Å². The Morgan fingerprint density at radius 1 is 1.37 bits per heavy atom. The van der Waals surface area contributed by atoms with Crippen molar-refractivity contribution in [3.63, 3.8) is 0 Å². The molecule has 1 amide bonds. The Bertz CT molecular complexity index is 1010. The molecule has 1 aromatic carbocycles. The number of thioether (sulfide) groups is 1. The van der Waals surface area contributed by atoms with Crippen LogP contribution in [0, 0.1) is 0 Å². The summed E-state index contributed by atoms with van der Waals surface area (Å²) < 4.78 is 28.6. The van der Waals surface area contributed by atoms with Crippen molar-refractivity contribution < 1.29 is 13.2 Å². The summed E-state index contributed by atoms with van der Waals surface area (Å²) in [7, 11) is -3.42. The fourth-order valence-electron chi connectivity index (χ4n) is 3.42. The molecule has 148 valence electrons. The summed E-state index contributed by atoms with van der Waals surface area (Å²) in [5, 5.41) is 0. The van der Waals surface area contributed by atoms with Gasteiger partial charge in [0.1, 0.15) is 6.04 Å². The van der Waals surface area contributed by atoms with Crippen molar-refractivity contribution in [3.05, 3.63) is 23.0 Å².